The smallest absolute Gasteiger partial charge is 0.246 e. The van der Waals surface area contributed by atoms with E-state index in [1.165, 1.54) is 0 Å². The maximum absolute atomic E-state index is 12.4. The first kappa shape index (κ1) is 20.1. The van der Waals surface area contributed by atoms with Crippen LogP contribution in [0.4, 0.5) is 5.69 Å². The molecule has 3 rings (SSSR count). The van der Waals surface area contributed by atoms with Crippen LogP contribution in [-0.2, 0) is 16.1 Å². The highest BCUT2D eigenvalue weighted by Gasteiger charge is 2.26. The number of carbonyl (C=O) groups excluding carboxylic acids is 2. The first-order valence-corrected chi connectivity index (χ1v) is 9.90. The van der Waals surface area contributed by atoms with E-state index >= 15 is 0 Å². The highest BCUT2D eigenvalue weighted by atomic mass is 35.5. The highest BCUT2D eigenvalue weighted by Crippen LogP contribution is 2.21. The monoisotopic (exact) mass is 400 g/mol. The van der Waals surface area contributed by atoms with Gasteiger partial charge in [0.15, 0.2) is 0 Å². The normalized spacial score (nSPS) is 15.2. The Morgan fingerprint density at radius 1 is 1.32 bits per heavy atom. The van der Waals surface area contributed by atoms with Gasteiger partial charge in [0.2, 0.25) is 11.8 Å². The molecular weight excluding hydrogens is 376 g/mol. The molecule has 0 atom stereocenters. The van der Waals surface area contributed by atoms with Gasteiger partial charge in [0, 0.05) is 42.8 Å². The average Bonchev–Trinajstić information content (AvgIpc) is 3.16. The summed E-state index contributed by atoms with van der Waals surface area (Å²) in [6.45, 7) is 5.84. The third-order valence-electron chi connectivity index (χ3n) is 5.02. The number of rotatable bonds is 5. The zero-order chi connectivity index (χ0) is 20.1. The topological polar surface area (TPSA) is 67.2 Å². The van der Waals surface area contributed by atoms with Gasteiger partial charge in [-0.3, -0.25) is 14.3 Å². The van der Waals surface area contributed by atoms with Gasteiger partial charge in [0.1, 0.15) is 0 Å². The molecule has 1 fully saturated rings. The summed E-state index contributed by atoms with van der Waals surface area (Å²) >= 11 is 6.12. The number of aryl methyl sites for hydroxylation is 2. The Morgan fingerprint density at radius 2 is 2.07 bits per heavy atom. The fourth-order valence-electron chi connectivity index (χ4n) is 3.19. The third-order valence-corrected chi connectivity index (χ3v) is 5.42. The molecular formula is C21H25ClN4O2. The molecule has 1 aliphatic heterocycles. The number of hydrogen-bond acceptors (Lipinski definition) is 3. The van der Waals surface area contributed by atoms with E-state index in [1.807, 2.05) is 38.2 Å². The van der Waals surface area contributed by atoms with Gasteiger partial charge < -0.3 is 10.2 Å². The number of carbonyl (C=O) groups is 2. The number of halogens is 1. The summed E-state index contributed by atoms with van der Waals surface area (Å²) in [7, 11) is 0. The van der Waals surface area contributed by atoms with E-state index in [1.54, 1.807) is 27.9 Å². The van der Waals surface area contributed by atoms with E-state index in [0.29, 0.717) is 36.6 Å². The van der Waals surface area contributed by atoms with E-state index in [9.17, 15) is 9.59 Å². The minimum absolute atomic E-state index is 0.00686. The van der Waals surface area contributed by atoms with Gasteiger partial charge in [-0.15, -0.1) is 0 Å². The molecule has 0 saturated carbocycles. The van der Waals surface area contributed by atoms with Gasteiger partial charge in [-0.1, -0.05) is 23.7 Å². The molecule has 1 aromatic carbocycles. The molecule has 28 heavy (non-hydrogen) atoms. The molecule has 2 aromatic rings. The largest absolute Gasteiger partial charge is 0.339 e. The van der Waals surface area contributed by atoms with Crippen LogP contribution in [0, 0.1) is 12.8 Å². The Bertz CT molecular complexity index is 882. The quantitative estimate of drug-likeness (QED) is 0.777. The zero-order valence-corrected chi connectivity index (χ0v) is 16.9. The summed E-state index contributed by atoms with van der Waals surface area (Å²) in [5, 5.41) is 7.76. The number of benzene rings is 1. The van der Waals surface area contributed by atoms with Crippen LogP contribution in [0.2, 0.25) is 5.02 Å². The van der Waals surface area contributed by atoms with E-state index in [2.05, 4.69) is 10.4 Å². The SMILES string of the molecule is CCn1cc(NC(=O)C2CCN(C(=O)/C=C/c3ccc(C)c(Cl)c3)CC2)cn1. The Kier molecular flexibility index (Phi) is 6.52. The van der Waals surface area contributed by atoms with Crippen LogP contribution in [0.3, 0.4) is 0 Å². The second kappa shape index (κ2) is 9.06. The molecule has 2 amide bonds. The lowest BCUT2D eigenvalue weighted by molar-refractivity contribution is -0.130. The minimum atomic E-state index is -0.0890. The van der Waals surface area contributed by atoms with E-state index in [4.69, 9.17) is 11.6 Å². The number of piperidine rings is 1. The summed E-state index contributed by atoms with van der Waals surface area (Å²) in [6, 6.07) is 5.71. The number of nitrogens with zero attached hydrogens (tertiary/aromatic N) is 3. The Balaban J connectivity index is 1.49. The molecule has 0 bridgehead atoms. The van der Waals surface area contributed by atoms with Crippen molar-refractivity contribution in [2.45, 2.75) is 33.2 Å². The maximum atomic E-state index is 12.4. The third kappa shape index (κ3) is 5.01. The molecule has 1 aliphatic rings. The zero-order valence-electron chi connectivity index (χ0n) is 16.2. The Hall–Kier alpha value is -2.60. The van der Waals surface area contributed by atoms with Gasteiger partial charge in [0.05, 0.1) is 11.9 Å². The summed E-state index contributed by atoms with van der Waals surface area (Å²) in [5.74, 6) is -0.138. The van der Waals surface area contributed by atoms with Gasteiger partial charge in [-0.25, -0.2) is 0 Å². The van der Waals surface area contributed by atoms with Crippen LogP contribution < -0.4 is 5.32 Å². The van der Waals surface area contributed by atoms with E-state index < -0.39 is 0 Å². The van der Waals surface area contributed by atoms with E-state index in [-0.39, 0.29) is 17.7 Å². The number of aromatic nitrogens is 2. The number of nitrogens with one attached hydrogen (secondary N) is 1. The van der Waals surface area contributed by atoms with Crippen molar-refractivity contribution in [3.8, 4) is 0 Å². The van der Waals surface area contributed by atoms with Crippen molar-refractivity contribution in [1.82, 2.24) is 14.7 Å². The predicted octanol–water partition coefficient (Wildman–Crippen LogP) is 3.76. The van der Waals surface area contributed by atoms with Crippen LogP contribution >= 0.6 is 11.6 Å². The molecule has 0 unspecified atom stereocenters. The molecule has 1 N–H and O–H groups in total. The lowest BCUT2D eigenvalue weighted by Crippen LogP contribution is -2.40. The van der Waals surface area contributed by atoms with Crippen molar-refractivity contribution < 1.29 is 9.59 Å². The molecule has 1 saturated heterocycles. The summed E-state index contributed by atoms with van der Waals surface area (Å²) < 4.78 is 1.77. The maximum Gasteiger partial charge on any atom is 0.246 e. The Morgan fingerprint density at radius 3 is 2.71 bits per heavy atom. The van der Waals surface area contributed by atoms with Gasteiger partial charge >= 0.3 is 0 Å². The summed E-state index contributed by atoms with van der Waals surface area (Å²) in [5.41, 5.74) is 2.61. The predicted molar refractivity (Wildman–Crippen MR) is 111 cm³/mol. The van der Waals surface area contributed by atoms with Crippen molar-refractivity contribution in [2.75, 3.05) is 18.4 Å². The van der Waals surface area contributed by atoms with Crippen LogP contribution in [-0.4, -0.2) is 39.6 Å². The molecule has 2 heterocycles. The van der Waals surface area contributed by atoms with Crippen molar-refractivity contribution in [3.63, 3.8) is 0 Å². The summed E-state index contributed by atoms with van der Waals surface area (Å²) in [4.78, 5) is 26.6. The average molecular weight is 401 g/mol. The number of amides is 2. The molecule has 6 nitrogen and oxygen atoms in total. The highest BCUT2D eigenvalue weighted by molar-refractivity contribution is 6.31. The first-order valence-electron chi connectivity index (χ1n) is 9.52. The summed E-state index contributed by atoms with van der Waals surface area (Å²) in [6.07, 6.45) is 8.13. The van der Waals surface area contributed by atoms with Crippen LogP contribution in [0.5, 0.6) is 0 Å². The molecule has 0 spiro atoms. The van der Waals surface area contributed by atoms with Crippen molar-refractivity contribution in [2.24, 2.45) is 5.92 Å². The van der Waals surface area contributed by atoms with Crippen LogP contribution in [0.1, 0.15) is 30.9 Å². The second-order valence-electron chi connectivity index (χ2n) is 7.02. The van der Waals surface area contributed by atoms with Crippen molar-refractivity contribution in [1.29, 1.82) is 0 Å². The first-order chi connectivity index (χ1) is 13.5. The lowest BCUT2D eigenvalue weighted by Gasteiger charge is -2.30. The minimum Gasteiger partial charge on any atom is -0.339 e. The lowest BCUT2D eigenvalue weighted by atomic mass is 9.95. The van der Waals surface area contributed by atoms with Crippen LogP contribution in [0.25, 0.3) is 6.08 Å². The fourth-order valence-corrected chi connectivity index (χ4v) is 3.38. The fraction of sp³-hybridized carbons (Fsp3) is 0.381. The van der Waals surface area contributed by atoms with E-state index in [0.717, 1.165) is 17.7 Å². The van der Waals surface area contributed by atoms with Crippen molar-refractivity contribution >= 4 is 35.2 Å². The molecule has 0 radical (unpaired) electrons. The van der Waals surface area contributed by atoms with Crippen LogP contribution in [0.15, 0.2) is 36.7 Å². The van der Waals surface area contributed by atoms with Crippen molar-refractivity contribution in [3.05, 3.63) is 52.8 Å². The Labute approximate surface area is 170 Å². The number of anilines is 1. The molecule has 148 valence electrons. The van der Waals surface area contributed by atoms with Gasteiger partial charge in [-0.2, -0.15) is 5.10 Å². The van der Waals surface area contributed by atoms with Gasteiger partial charge in [-0.05, 0) is 50.0 Å². The number of hydrogen-bond donors (Lipinski definition) is 1. The molecule has 0 aliphatic carbocycles. The van der Waals surface area contributed by atoms with Gasteiger partial charge in [0.25, 0.3) is 0 Å². The molecule has 7 heteroatoms. The standard InChI is InChI=1S/C21H25ClN4O2/c1-3-26-14-18(13-23-26)24-21(28)17-8-10-25(11-9-17)20(27)7-6-16-5-4-15(2)19(22)12-16/h4-7,12-14,17H,3,8-11H2,1-2H3,(H,24,28)/b7-6+. The number of likely N-dealkylation sites (tertiary alicyclic amines) is 1. The molecule has 1 aromatic heterocycles. The second-order valence-corrected chi connectivity index (χ2v) is 7.42.